The maximum absolute atomic E-state index is 13.2. The molecule has 0 radical (unpaired) electrons. The summed E-state index contributed by atoms with van der Waals surface area (Å²) in [5.74, 6) is -0.270. The highest BCUT2D eigenvalue weighted by atomic mass is 32.1. The number of amides is 2. The lowest BCUT2D eigenvalue weighted by atomic mass is 10.0. The van der Waals surface area contributed by atoms with Crippen LogP contribution < -0.4 is 5.32 Å². The molecule has 0 spiro atoms. The molecule has 2 amide bonds. The molecule has 0 fully saturated rings. The summed E-state index contributed by atoms with van der Waals surface area (Å²) in [5.41, 5.74) is 0.817. The van der Waals surface area contributed by atoms with E-state index in [1.807, 2.05) is 51.1 Å². The summed E-state index contributed by atoms with van der Waals surface area (Å²) in [6, 6.07) is 12.3. The number of nitrogens with zero attached hydrogens (tertiary/aromatic N) is 3. The van der Waals surface area contributed by atoms with Crippen molar-refractivity contribution in [2.45, 2.75) is 38.8 Å². The van der Waals surface area contributed by atoms with Crippen molar-refractivity contribution in [2.24, 2.45) is 0 Å². The molecule has 2 aromatic heterocycles. The number of rotatable bonds is 7. The summed E-state index contributed by atoms with van der Waals surface area (Å²) in [6.07, 6.45) is 2.08. The Bertz CT molecular complexity index is 919. The van der Waals surface area contributed by atoms with E-state index in [-0.39, 0.29) is 17.5 Å². The molecule has 0 bridgehead atoms. The molecule has 3 aromatic rings. The van der Waals surface area contributed by atoms with Crippen molar-refractivity contribution < 1.29 is 14.0 Å². The van der Waals surface area contributed by atoms with Gasteiger partial charge in [0.25, 0.3) is 11.8 Å². The third-order valence-electron chi connectivity index (χ3n) is 4.20. The summed E-state index contributed by atoms with van der Waals surface area (Å²) in [7, 11) is 0. The molecular weight excluding hydrogens is 388 g/mol. The molecule has 1 unspecified atom stereocenters. The molecular formula is C21H24N4O3S. The predicted octanol–water partition coefficient (Wildman–Crippen LogP) is 3.47. The van der Waals surface area contributed by atoms with Gasteiger partial charge in [-0.1, -0.05) is 34.8 Å². The van der Waals surface area contributed by atoms with Crippen molar-refractivity contribution in [3.8, 4) is 0 Å². The second-order valence-electron chi connectivity index (χ2n) is 7.68. The Hall–Kier alpha value is -3.00. The lowest BCUT2D eigenvalue weighted by Gasteiger charge is -2.32. The van der Waals surface area contributed by atoms with E-state index in [4.69, 9.17) is 4.42 Å². The maximum Gasteiger partial charge on any atom is 0.276 e. The van der Waals surface area contributed by atoms with Gasteiger partial charge in [0.05, 0.1) is 6.26 Å². The summed E-state index contributed by atoms with van der Waals surface area (Å²) in [4.78, 5) is 27.9. The minimum atomic E-state index is -0.915. The molecule has 29 heavy (non-hydrogen) atoms. The molecule has 152 valence electrons. The Morgan fingerprint density at radius 2 is 1.93 bits per heavy atom. The monoisotopic (exact) mass is 412 g/mol. The van der Waals surface area contributed by atoms with Crippen LogP contribution in [-0.2, 0) is 11.2 Å². The largest absolute Gasteiger partial charge is 0.467 e. The van der Waals surface area contributed by atoms with Gasteiger partial charge >= 0.3 is 0 Å². The first-order valence-electron chi connectivity index (χ1n) is 9.32. The van der Waals surface area contributed by atoms with Crippen LogP contribution in [0.1, 0.15) is 48.6 Å². The molecule has 2 heterocycles. The fourth-order valence-corrected chi connectivity index (χ4v) is 3.39. The van der Waals surface area contributed by atoms with Gasteiger partial charge < -0.3 is 14.6 Å². The highest BCUT2D eigenvalue weighted by Crippen LogP contribution is 2.25. The molecule has 0 aliphatic rings. The van der Waals surface area contributed by atoms with Crippen molar-refractivity contribution in [1.82, 2.24) is 19.8 Å². The molecule has 1 N–H and O–H groups in total. The van der Waals surface area contributed by atoms with Crippen LogP contribution in [0.15, 0.2) is 58.5 Å². The third-order valence-corrected chi connectivity index (χ3v) is 4.70. The van der Waals surface area contributed by atoms with E-state index in [1.165, 1.54) is 11.2 Å². The van der Waals surface area contributed by atoms with E-state index in [0.29, 0.717) is 18.7 Å². The quantitative estimate of drug-likeness (QED) is 0.642. The first-order valence-corrected chi connectivity index (χ1v) is 10.2. The van der Waals surface area contributed by atoms with E-state index in [9.17, 15) is 9.59 Å². The van der Waals surface area contributed by atoms with Gasteiger partial charge in [-0.05, 0) is 56.4 Å². The number of carbonyl (C=O) groups excluding carboxylic acids is 2. The normalized spacial score (nSPS) is 12.4. The van der Waals surface area contributed by atoms with Crippen molar-refractivity contribution in [1.29, 1.82) is 0 Å². The Balaban J connectivity index is 1.95. The standard InChI is InChI=1S/C21H24N4O3S/c1-21(2,3)22-19(26)18(17-10-7-13-28-17)25(20(27)16-14-29-24-23-16)12-11-15-8-5-4-6-9-15/h4-10,13-14,18H,11-12H2,1-3H3,(H,22,26). The average Bonchev–Trinajstić information content (AvgIpc) is 3.37. The van der Waals surface area contributed by atoms with Gasteiger partial charge in [-0.25, -0.2) is 0 Å². The lowest BCUT2D eigenvalue weighted by molar-refractivity contribution is -0.128. The van der Waals surface area contributed by atoms with Gasteiger partial charge in [0, 0.05) is 17.5 Å². The molecule has 0 aliphatic heterocycles. The number of furan rings is 1. The summed E-state index contributed by atoms with van der Waals surface area (Å²) in [6.45, 7) is 6.00. The van der Waals surface area contributed by atoms with Crippen LogP contribution in [0.4, 0.5) is 0 Å². The second kappa shape index (κ2) is 9.00. The van der Waals surface area contributed by atoms with Crippen LogP contribution >= 0.6 is 11.5 Å². The Morgan fingerprint density at radius 1 is 1.17 bits per heavy atom. The molecule has 0 saturated carbocycles. The fourth-order valence-electron chi connectivity index (χ4n) is 2.96. The number of carbonyl (C=O) groups is 2. The first kappa shape index (κ1) is 20.7. The Labute approximate surface area is 173 Å². The van der Waals surface area contributed by atoms with Crippen molar-refractivity contribution in [3.63, 3.8) is 0 Å². The highest BCUT2D eigenvalue weighted by molar-refractivity contribution is 7.03. The summed E-state index contributed by atoms with van der Waals surface area (Å²) >= 11 is 1.09. The molecule has 7 nitrogen and oxygen atoms in total. The van der Waals surface area contributed by atoms with E-state index in [1.54, 1.807) is 17.5 Å². The van der Waals surface area contributed by atoms with E-state index in [0.717, 1.165) is 17.1 Å². The van der Waals surface area contributed by atoms with Crippen LogP contribution in [-0.4, -0.2) is 38.4 Å². The summed E-state index contributed by atoms with van der Waals surface area (Å²) < 4.78 is 9.33. The Morgan fingerprint density at radius 3 is 2.52 bits per heavy atom. The fraction of sp³-hybridized carbons (Fsp3) is 0.333. The van der Waals surface area contributed by atoms with Gasteiger partial charge in [-0.3, -0.25) is 9.59 Å². The predicted molar refractivity (Wildman–Crippen MR) is 110 cm³/mol. The first-order chi connectivity index (χ1) is 13.8. The van der Waals surface area contributed by atoms with Crippen molar-refractivity contribution in [2.75, 3.05) is 6.54 Å². The summed E-state index contributed by atoms with van der Waals surface area (Å²) in [5, 5.41) is 8.45. The molecule has 8 heteroatoms. The van der Waals surface area contributed by atoms with E-state index < -0.39 is 11.6 Å². The number of hydrogen-bond donors (Lipinski definition) is 1. The van der Waals surface area contributed by atoms with Crippen LogP contribution in [0.5, 0.6) is 0 Å². The molecule has 3 rings (SSSR count). The zero-order valence-corrected chi connectivity index (χ0v) is 17.5. The molecule has 0 saturated heterocycles. The van der Waals surface area contributed by atoms with E-state index >= 15 is 0 Å². The van der Waals surface area contributed by atoms with Gasteiger partial charge in [0.15, 0.2) is 11.7 Å². The van der Waals surface area contributed by atoms with Crippen LogP contribution in [0.25, 0.3) is 0 Å². The zero-order chi connectivity index (χ0) is 20.9. The second-order valence-corrected chi connectivity index (χ2v) is 8.29. The molecule has 0 aliphatic carbocycles. The minimum Gasteiger partial charge on any atom is -0.467 e. The molecule has 1 atom stereocenters. The number of nitrogens with one attached hydrogen (secondary N) is 1. The SMILES string of the molecule is CC(C)(C)NC(=O)C(c1ccco1)N(CCc1ccccc1)C(=O)c1csnn1. The van der Waals surface area contributed by atoms with Gasteiger partial charge in [0.2, 0.25) is 0 Å². The van der Waals surface area contributed by atoms with Crippen molar-refractivity contribution >= 4 is 23.3 Å². The van der Waals surface area contributed by atoms with Gasteiger partial charge in [0.1, 0.15) is 5.76 Å². The van der Waals surface area contributed by atoms with E-state index in [2.05, 4.69) is 14.9 Å². The lowest BCUT2D eigenvalue weighted by Crippen LogP contribution is -2.49. The zero-order valence-electron chi connectivity index (χ0n) is 16.7. The van der Waals surface area contributed by atoms with Gasteiger partial charge in [-0.2, -0.15) is 0 Å². The van der Waals surface area contributed by atoms with Crippen LogP contribution in [0.2, 0.25) is 0 Å². The third kappa shape index (κ3) is 5.51. The maximum atomic E-state index is 13.2. The average molecular weight is 413 g/mol. The van der Waals surface area contributed by atoms with Gasteiger partial charge in [-0.15, -0.1) is 5.10 Å². The minimum absolute atomic E-state index is 0.211. The van der Waals surface area contributed by atoms with Crippen molar-refractivity contribution in [3.05, 3.63) is 71.1 Å². The van der Waals surface area contributed by atoms with Crippen LogP contribution in [0.3, 0.4) is 0 Å². The Kier molecular flexibility index (Phi) is 6.43. The number of hydrogen-bond acceptors (Lipinski definition) is 6. The topological polar surface area (TPSA) is 88.3 Å². The number of aromatic nitrogens is 2. The highest BCUT2D eigenvalue weighted by Gasteiger charge is 2.36. The van der Waals surface area contributed by atoms with Crippen LogP contribution in [0, 0.1) is 0 Å². The smallest absolute Gasteiger partial charge is 0.276 e. The molecule has 1 aromatic carbocycles. The number of benzene rings is 1.